The number of hydrogen-bond donors (Lipinski definition) is 1. The van der Waals surface area contributed by atoms with Crippen LogP contribution in [0.1, 0.15) is 30.3 Å². The number of rotatable bonds is 4. The van der Waals surface area contributed by atoms with E-state index in [1.165, 1.54) is 4.68 Å². The van der Waals surface area contributed by atoms with Crippen molar-refractivity contribution in [3.8, 4) is 11.4 Å². The molecule has 27 heavy (non-hydrogen) atoms. The van der Waals surface area contributed by atoms with Crippen molar-refractivity contribution < 1.29 is 9.32 Å². The zero-order valence-corrected chi connectivity index (χ0v) is 15.1. The summed E-state index contributed by atoms with van der Waals surface area (Å²) < 4.78 is 7.00. The van der Waals surface area contributed by atoms with Gasteiger partial charge >= 0.3 is 0 Å². The number of carbonyl (C=O) groups excluding carboxylic acids is 1. The van der Waals surface area contributed by atoms with Gasteiger partial charge in [-0.3, -0.25) is 9.78 Å². The zero-order chi connectivity index (χ0) is 18.8. The molecule has 3 aromatic rings. The van der Waals surface area contributed by atoms with Crippen LogP contribution in [-0.4, -0.2) is 48.8 Å². The zero-order valence-electron chi connectivity index (χ0n) is 15.1. The van der Waals surface area contributed by atoms with Crippen LogP contribution >= 0.6 is 0 Å². The summed E-state index contributed by atoms with van der Waals surface area (Å²) in [7, 11) is 0. The number of aromatic nitrogens is 5. The quantitative estimate of drug-likeness (QED) is 0.745. The molecule has 9 nitrogen and oxygen atoms in total. The fourth-order valence-electron chi connectivity index (χ4n) is 3.34. The Kier molecular flexibility index (Phi) is 4.57. The molecule has 0 radical (unpaired) electrons. The van der Waals surface area contributed by atoms with Gasteiger partial charge in [0.05, 0.1) is 11.6 Å². The molecule has 3 aromatic heterocycles. The SMILES string of the molecule is Cc1cc(N)n(CC(=O)N2CCC[C@@H](c3nc(-c4cccnc4)no3)C2)n1. The minimum absolute atomic E-state index is 0.0125. The summed E-state index contributed by atoms with van der Waals surface area (Å²) in [6, 6.07) is 5.47. The largest absolute Gasteiger partial charge is 0.384 e. The third-order valence-electron chi connectivity index (χ3n) is 4.70. The molecular formula is C18H21N7O2. The van der Waals surface area contributed by atoms with Crippen LogP contribution in [0.5, 0.6) is 0 Å². The molecule has 1 aliphatic rings. The van der Waals surface area contributed by atoms with Gasteiger partial charge in [-0.25, -0.2) is 4.68 Å². The second kappa shape index (κ2) is 7.18. The molecule has 0 aliphatic carbocycles. The normalized spacial score (nSPS) is 17.2. The molecule has 1 amide bonds. The van der Waals surface area contributed by atoms with Crippen molar-refractivity contribution in [2.24, 2.45) is 0 Å². The number of nitrogens with two attached hydrogens (primary N) is 1. The van der Waals surface area contributed by atoms with E-state index in [0.717, 1.165) is 24.1 Å². The van der Waals surface area contributed by atoms with Gasteiger partial charge in [0.2, 0.25) is 17.6 Å². The maximum atomic E-state index is 12.7. The maximum absolute atomic E-state index is 12.7. The molecule has 0 spiro atoms. The monoisotopic (exact) mass is 367 g/mol. The van der Waals surface area contributed by atoms with E-state index in [1.54, 1.807) is 18.5 Å². The van der Waals surface area contributed by atoms with E-state index in [2.05, 4.69) is 20.2 Å². The van der Waals surface area contributed by atoms with E-state index in [1.807, 2.05) is 24.0 Å². The number of amides is 1. The Morgan fingerprint density at radius 2 is 2.33 bits per heavy atom. The van der Waals surface area contributed by atoms with E-state index in [-0.39, 0.29) is 18.4 Å². The van der Waals surface area contributed by atoms with Crippen LogP contribution in [-0.2, 0) is 11.3 Å². The van der Waals surface area contributed by atoms with Gasteiger partial charge in [0, 0.05) is 37.1 Å². The molecular weight excluding hydrogens is 346 g/mol. The standard InChI is InChI=1S/C18H21N7O2/c1-12-8-15(19)25(22-12)11-16(26)24-7-3-5-14(10-24)18-21-17(23-27-18)13-4-2-6-20-9-13/h2,4,6,8-9,14H,3,5,7,10-11,19H2,1H3/t14-/m1/s1. The fourth-order valence-corrected chi connectivity index (χ4v) is 3.34. The van der Waals surface area contributed by atoms with E-state index < -0.39 is 0 Å². The van der Waals surface area contributed by atoms with Crippen molar-refractivity contribution in [2.75, 3.05) is 18.8 Å². The summed E-state index contributed by atoms with van der Waals surface area (Å²) in [6.45, 7) is 3.24. The number of likely N-dealkylation sites (tertiary alicyclic amines) is 1. The van der Waals surface area contributed by atoms with Crippen LogP contribution in [0.25, 0.3) is 11.4 Å². The highest BCUT2D eigenvalue weighted by Gasteiger charge is 2.29. The lowest BCUT2D eigenvalue weighted by atomic mass is 9.98. The first kappa shape index (κ1) is 17.2. The highest BCUT2D eigenvalue weighted by Crippen LogP contribution is 2.27. The number of pyridine rings is 1. The van der Waals surface area contributed by atoms with Crippen molar-refractivity contribution in [2.45, 2.75) is 32.2 Å². The van der Waals surface area contributed by atoms with Gasteiger partial charge in [-0.05, 0) is 31.9 Å². The average molecular weight is 367 g/mol. The summed E-state index contributed by atoms with van der Waals surface area (Å²) in [4.78, 5) is 23.1. The number of nitrogens with zero attached hydrogens (tertiary/aromatic N) is 6. The van der Waals surface area contributed by atoms with Crippen molar-refractivity contribution in [3.05, 3.63) is 42.2 Å². The Balaban J connectivity index is 1.44. The Morgan fingerprint density at radius 3 is 3.07 bits per heavy atom. The van der Waals surface area contributed by atoms with Crippen molar-refractivity contribution in [1.82, 2.24) is 29.8 Å². The van der Waals surface area contributed by atoms with E-state index >= 15 is 0 Å². The predicted molar refractivity (Wildman–Crippen MR) is 97.5 cm³/mol. The van der Waals surface area contributed by atoms with Crippen molar-refractivity contribution >= 4 is 11.7 Å². The molecule has 4 heterocycles. The summed E-state index contributed by atoms with van der Waals surface area (Å²) in [5.41, 5.74) is 7.49. The minimum atomic E-state index is -0.0125. The Hall–Kier alpha value is -3.23. The molecule has 0 bridgehead atoms. The average Bonchev–Trinajstić information content (AvgIpc) is 3.29. The number of nitrogen functional groups attached to an aromatic ring is 1. The van der Waals surface area contributed by atoms with E-state index in [4.69, 9.17) is 10.3 Å². The molecule has 0 unspecified atom stereocenters. The first-order valence-corrected chi connectivity index (χ1v) is 8.92. The third-order valence-corrected chi connectivity index (χ3v) is 4.70. The lowest BCUT2D eigenvalue weighted by Gasteiger charge is -2.31. The summed E-state index contributed by atoms with van der Waals surface area (Å²) in [6.07, 6.45) is 5.18. The molecule has 1 fully saturated rings. The second-order valence-corrected chi connectivity index (χ2v) is 6.75. The first-order chi connectivity index (χ1) is 13.1. The Labute approximate surface area is 156 Å². The third kappa shape index (κ3) is 3.67. The number of piperidine rings is 1. The number of aryl methyl sites for hydroxylation is 1. The lowest BCUT2D eigenvalue weighted by Crippen LogP contribution is -2.41. The second-order valence-electron chi connectivity index (χ2n) is 6.75. The number of hydrogen-bond acceptors (Lipinski definition) is 7. The molecule has 2 N–H and O–H groups in total. The van der Waals surface area contributed by atoms with Crippen LogP contribution in [0.3, 0.4) is 0 Å². The topological polar surface area (TPSA) is 116 Å². The van der Waals surface area contributed by atoms with E-state index in [9.17, 15) is 4.79 Å². The number of anilines is 1. The molecule has 4 rings (SSSR count). The smallest absolute Gasteiger partial charge is 0.244 e. The van der Waals surface area contributed by atoms with Gasteiger partial charge in [-0.1, -0.05) is 5.16 Å². The lowest BCUT2D eigenvalue weighted by molar-refractivity contribution is -0.133. The van der Waals surface area contributed by atoms with Gasteiger partial charge < -0.3 is 15.2 Å². The Bertz CT molecular complexity index is 934. The first-order valence-electron chi connectivity index (χ1n) is 8.92. The minimum Gasteiger partial charge on any atom is -0.384 e. The molecule has 9 heteroatoms. The highest BCUT2D eigenvalue weighted by molar-refractivity contribution is 5.76. The van der Waals surface area contributed by atoms with Crippen LogP contribution in [0.4, 0.5) is 5.82 Å². The maximum Gasteiger partial charge on any atom is 0.244 e. The molecule has 1 saturated heterocycles. The van der Waals surface area contributed by atoms with Gasteiger partial charge in [-0.15, -0.1) is 0 Å². The van der Waals surface area contributed by atoms with Gasteiger partial charge in [0.1, 0.15) is 12.4 Å². The van der Waals surface area contributed by atoms with Crippen molar-refractivity contribution in [3.63, 3.8) is 0 Å². The molecule has 1 aliphatic heterocycles. The summed E-state index contributed by atoms with van der Waals surface area (Å²) in [5, 5.41) is 8.31. The molecule has 1 atom stereocenters. The van der Waals surface area contributed by atoms with Gasteiger partial charge in [-0.2, -0.15) is 10.1 Å². The number of carbonyl (C=O) groups is 1. The molecule has 0 aromatic carbocycles. The van der Waals surface area contributed by atoms with E-state index in [0.29, 0.717) is 30.6 Å². The molecule has 0 saturated carbocycles. The predicted octanol–water partition coefficient (Wildman–Crippen LogP) is 1.62. The van der Waals surface area contributed by atoms with Gasteiger partial charge in [0.15, 0.2) is 0 Å². The van der Waals surface area contributed by atoms with Crippen LogP contribution in [0.2, 0.25) is 0 Å². The summed E-state index contributed by atoms with van der Waals surface area (Å²) in [5.74, 6) is 1.58. The molecule has 140 valence electrons. The van der Waals surface area contributed by atoms with Crippen LogP contribution in [0.15, 0.2) is 35.1 Å². The van der Waals surface area contributed by atoms with Crippen molar-refractivity contribution in [1.29, 1.82) is 0 Å². The fraction of sp³-hybridized carbons (Fsp3) is 0.389. The van der Waals surface area contributed by atoms with Gasteiger partial charge in [0.25, 0.3) is 0 Å². The van der Waals surface area contributed by atoms with Crippen LogP contribution in [0, 0.1) is 6.92 Å². The van der Waals surface area contributed by atoms with Crippen LogP contribution < -0.4 is 5.73 Å². The Morgan fingerprint density at radius 1 is 1.44 bits per heavy atom. The summed E-state index contributed by atoms with van der Waals surface area (Å²) >= 11 is 0. The highest BCUT2D eigenvalue weighted by atomic mass is 16.5.